The number of rotatable bonds is 4. The number of nitrogens with one attached hydrogen (secondary N) is 1. The molecule has 9 heteroatoms. The van der Waals surface area contributed by atoms with Crippen molar-refractivity contribution in [3.8, 4) is 0 Å². The fraction of sp³-hybridized carbons (Fsp3) is 0.692. The van der Waals surface area contributed by atoms with Gasteiger partial charge in [0.2, 0.25) is 0 Å². The van der Waals surface area contributed by atoms with Crippen LogP contribution in [0.1, 0.15) is 20.1 Å². The van der Waals surface area contributed by atoms with Crippen molar-refractivity contribution >= 4 is 21.1 Å². The van der Waals surface area contributed by atoms with Gasteiger partial charge in [0.15, 0.2) is 6.23 Å². The molecule has 0 aliphatic carbocycles. The van der Waals surface area contributed by atoms with Gasteiger partial charge in [0.1, 0.15) is 18.3 Å². The summed E-state index contributed by atoms with van der Waals surface area (Å²) in [5.41, 5.74) is -1.33. The molecule has 0 spiro atoms. The Morgan fingerprint density at radius 3 is 2.32 bits per heavy atom. The molecular weight excluding hydrogens is 399 g/mol. The maximum Gasteiger partial charge on any atom is 0.330 e. The second kappa shape index (κ2) is 9.46. The number of aliphatic hydroxyl groups excluding tert-OH is 3. The van der Waals surface area contributed by atoms with Gasteiger partial charge >= 0.3 is 49.6 Å². The van der Waals surface area contributed by atoms with E-state index in [0.29, 0.717) is 0 Å². The zero-order valence-electron chi connectivity index (χ0n) is 12.6. The molecule has 4 N–H and O–H groups in total. The van der Waals surface area contributed by atoms with Gasteiger partial charge in [0.05, 0.1) is 6.61 Å². The first-order valence-electron chi connectivity index (χ1n) is 7.10. The van der Waals surface area contributed by atoms with Crippen molar-refractivity contribution in [1.82, 2.24) is 9.55 Å². The van der Waals surface area contributed by atoms with Crippen molar-refractivity contribution in [3.63, 3.8) is 0 Å². The van der Waals surface area contributed by atoms with Crippen molar-refractivity contribution < 1.29 is 20.1 Å². The van der Waals surface area contributed by atoms with E-state index in [-0.39, 0.29) is 21.1 Å². The smallest absolute Gasteiger partial charge is 0.330 e. The summed E-state index contributed by atoms with van der Waals surface area (Å²) >= 11 is 0.218. The number of hydrogen-bond acceptors (Lipinski definition) is 6. The second-order valence-electron chi connectivity index (χ2n) is 4.70. The molecule has 22 heavy (non-hydrogen) atoms. The average Bonchev–Trinajstić information content (AvgIpc) is 2.77. The van der Waals surface area contributed by atoms with E-state index < -0.39 is 42.4 Å². The van der Waals surface area contributed by atoms with Crippen LogP contribution in [-0.2, 0) is 4.74 Å². The third-order valence-corrected chi connectivity index (χ3v) is 6.00. The minimum Gasteiger partial charge on any atom is -0.394 e. The van der Waals surface area contributed by atoms with Crippen LogP contribution in [0, 0.1) is 0 Å². The summed E-state index contributed by atoms with van der Waals surface area (Å²) in [5, 5.41) is 28.1. The molecular formula is C13H22N2O6Sn. The second-order valence-corrected chi connectivity index (χ2v) is 10.2. The Bertz CT molecular complexity index is 558. The minimum atomic E-state index is -1.35. The van der Waals surface area contributed by atoms with E-state index in [1.54, 1.807) is 0 Å². The van der Waals surface area contributed by atoms with Crippen molar-refractivity contribution in [2.75, 3.05) is 6.61 Å². The van der Waals surface area contributed by atoms with E-state index in [1.165, 1.54) is 8.87 Å². The summed E-state index contributed by atoms with van der Waals surface area (Å²) in [7, 11) is 0. The van der Waals surface area contributed by atoms with Crippen LogP contribution in [0.25, 0.3) is 0 Å². The molecule has 1 aromatic heterocycles. The number of aromatic amines is 1. The van der Waals surface area contributed by atoms with Gasteiger partial charge in [0.25, 0.3) is 5.56 Å². The summed E-state index contributed by atoms with van der Waals surface area (Å²) in [4.78, 5) is 24.3. The van der Waals surface area contributed by atoms with Crippen LogP contribution < -0.4 is 11.2 Å². The summed E-state index contributed by atoms with van der Waals surface area (Å²) in [5.74, 6) is 0. The molecule has 124 valence electrons. The summed E-state index contributed by atoms with van der Waals surface area (Å²) < 4.78 is 9.11. The molecule has 1 aliphatic heterocycles. The van der Waals surface area contributed by atoms with Gasteiger partial charge in [-0.2, -0.15) is 0 Å². The van der Waals surface area contributed by atoms with Gasteiger partial charge in [-0.15, -0.1) is 0 Å². The van der Waals surface area contributed by atoms with Gasteiger partial charge in [-0.1, -0.05) is 0 Å². The van der Waals surface area contributed by atoms with Crippen LogP contribution in [0.5, 0.6) is 0 Å². The summed E-state index contributed by atoms with van der Waals surface area (Å²) in [6.07, 6.45) is -3.58. The van der Waals surface area contributed by atoms with E-state index in [4.69, 9.17) is 9.84 Å². The summed E-state index contributed by atoms with van der Waals surface area (Å²) in [6, 6.07) is 1.09. The molecule has 1 saturated heterocycles. The average molecular weight is 421 g/mol. The van der Waals surface area contributed by atoms with Crippen molar-refractivity contribution in [2.24, 2.45) is 0 Å². The molecule has 2 heterocycles. The van der Waals surface area contributed by atoms with Crippen molar-refractivity contribution in [1.29, 1.82) is 0 Å². The first kappa shape index (κ1) is 19.4. The predicted molar refractivity (Wildman–Crippen MR) is 81.0 cm³/mol. The van der Waals surface area contributed by atoms with Crippen LogP contribution in [0.2, 0.25) is 8.87 Å². The topological polar surface area (TPSA) is 125 Å². The fourth-order valence-corrected chi connectivity index (χ4v) is 3.41. The van der Waals surface area contributed by atoms with Gasteiger partial charge in [-0.05, 0) is 0 Å². The zero-order valence-corrected chi connectivity index (χ0v) is 15.5. The Balaban J connectivity index is 0.000000422. The molecule has 4 atom stereocenters. The number of aromatic nitrogens is 2. The van der Waals surface area contributed by atoms with Gasteiger partial charge in [0, 0.05) is 12.3 Å². The zero-order chi connectivity index (χ0) is 16.7. The van der Waals surface area contributed by atoms with Gasteiger partial charge < -0.3 is 20.1 Å². The van der Waals surface area contributed by atoms with E-state index in [0.717, 1.165) is 16.8 Å². The van der Waals surface area contributed by atoms with E-state index in [2.05, 4.69) is 13.8 Å². The maximum absolute atomic E-state index is 11.4. The minimum absolute atomic E-state index is 0.218. The van der Waals surface area contributed by atoms with Crippen LogP contribution >= 0.6 is 0 Å². The van der Waals surface area contributed by atoms with Crippen molar-refractivity contribution in [3.05, 3.63) is 33.1 Å². The molecule has 1 aromatic rings. The molecule has 0 aromatic carbocycles. The molecule has 4 unspecified atom stereocenters. The largest absolute Gasteiger partial charge is 0.394 e. The molecule has 0 amide bonds. The van der Waals surface area contributed by atoms with E-state index >= 15 is 0 Å². The maximum atomic E-state index is 11.4. The van der Waals surface area contributed by atoms with E-state index in [1.807, 2.05) is 4.98 Å². The van der Waals surface area contributed by atoms with Crippen LogP contribution in [0.3, 0.4) is 0 Å². The Labute approximate surface area is 138 Å². The number of aliphatic hydroxyl groups is 3. The number of ether oxygens (including phenoxy) is 1. The number of nitrogens with zero attached hydrogens (tertiary/aromatic N) is 1. The Morgan fingerprint density at radius 2 is 1.91 bits per heavy atom. The molecule has 2 rings (SSSR count). The SMILES string of the molecule is C[CH2][Sn][CH2]C.O=c1ccn(C2OC(CO)C(O)C2O)c(=O)[nH]1. The monoisotopic (exact) mass is 422 g/mol. The Hall–Kier alpha value is -0.681. The van der Waals surface area contributed by atoms with Gasteiger partial charge in [-0.25, -0.2) is 4.79 Å². The molecule has 1 aliphatic rings. The van der Waals surface area contributed by atoms with Crippen molar-refractivity contribution in [2.45, 2.75) is 47.3 Å². The molecule has 1 fully saturated rings. The normalized spacial score (nSPS) is 27.3. The molecule has 2 radical (unpaired) electrons. The third-order valence-electron chi connectivity index (χ3n) is 3.14. The number of H-pyrrole nitrogens is 1. The van der Waals surface area contributed by atoms with Crippen LogP contribution in [0.4, 0.5) is 0 Å². The fourth-order valence-electron chi connectivity index (χ4n) is 1.99. The third kappa shape index (κ3) is 4.91. The standard InChI is InChI=1S/C9H12N2O6.2C2H5.Sn/c12-3-4-6(14)7(15)8(17-4)11-2-1-5(13)10-9(11)16;2*1-2;/h1-2,4,6-8,12,14-15H,3H2,(H,10,13,16);2*1H2,2H3;. The Morgan fingerprint density at radius 1 is 1.27 bits per heavy atom. The first-order chi connectivity index (χ1) is 10.5. The predicted octanol–water partition coefficient (Wildman–Crippen LogP) is -1.28. The van der Waals surface area contributed by atoms with Crippen LogP contribution in [-0.4, -0.2) is 70.9 Å². The molecule has 0 saturated carbocycles. The summed E-state index contributed by atoms with van der Waals surface area (Å²) in [6.45, 7) is 4.10. The quantitative estimate of drug-likeness (QED) is 0.449. The Kier molecular flexibility index (Phi) is 8.32. The molecule has 8 nitrogen and oxygen atoms in total. The number of hydrogen-bond donors (Lipinski definition) is 4. The first-order valence-corrected chi connectivity index (χ1v) is 11.1. The van der Waals surface area contributed by atoms with Gasteiger partial charge in [-0.3, -0.25) is 14.3 Å². The van der Waals surface area contributed by atoms with Crippen LogP contribution in [0.15, 0.2) is 21.9 Å². The molecule has 0 bridgehead atoms. The van der Waals surface area contributed by atoms with E-state index in [9.17, 15) is 19.8 Å².